The van der Waals surface area contributed by atoms with Crippen LogP contribution in [0.25, 0.3) is 0 Å². The van der Waals surface area contributed by atoms with Crippen LogP contribution in [0.1, 0.15) is 18.4 Å². The summed E-state index contributed by atoms with van der Waals surface area (Å²) in [5.41, 5.74) is 7.48. The fourth-order valence-corrected chi connectivity index (χ4v) is 3.33. The highest BCUT2D eigenvalue weighted by molar-refractivity contribution is 7.85. The first-order valence-corrected chi connectivity index (χ1v) is 6.74. The van der Waals surface area contributed by atoms with Crippen molar-refractivity contribution in [1.82, 2.24) is 0 Å². The lowest BCUT2D eigenvalue weighted by Gasteiger charge is -2.21. The third-order valence-corrected chi connectivity index (χ3v) is 4.59. The highest BCUT2D eigenvalue weighted by Gasteiger charge is 2.21. The standard InChI is InChI=1S/C12H17NO2S/c1-9-7-10(4-5-12(9)13)16(14)11-3-2-6-15-8-11/h4-5,7,11H,2-3,6,8,13H2,1H3. The van der Waals surface area contributed by atoms with E-state index in [-0.39, 0.29) is 5.25 Å². The molecule has 2 unspecified atom stereocenters. The molecule has 1 aliphatic heterocycles. The van der Waals surface area contributed by atoms with Crippen molar-refractivity contribution in [2.24, 2.45) is 0 Å². The number of benzene rings is 1. The monoisotopic (exact) mass is 239 g/mol. The second-order valence-corrected chi connectivity index (χ2v) is 5.89. The maximum atomic E-state index is 12.3. The average molecular weight is 239 g/mol. The van der Waals surface area contributed by atoms with E-state index in [1.165, 1.54) is 0 Å². The fraction of sp³-hybridized carbons (Fsp3) is 0.500. The minimum atomic E-state index is -0.969. The Labute approximate surface area is 98.4 Å². The first kappa shape index (κ1) is 11.6. The van der Waals surface area contributed by atoms with Crippen LogP contribution in [0.3, 0.4) is 0 Å². The molecular formula is C12H17NO2S. The molecule has 1 aliphatic rings. The summed E-state index contributed by atoms with van der Waals surface area (Å²) in [6, 6.07) is 5.60. The van der Waals surface area contributed by atoms with Gasteiger partial charge in [-0.15, -0.1) is 0 Å². The smallest absolute Gasteiger partial charge is 0.0629 e. The van der Waals surface area contributed by atoms with Gasteiger partial charge in [0, 0.05) is 17.2 Å². The predicted octanol–water partition coefficient (Wildman–Crippen LogP) is 1.86. The van der Waals surface area contributed by atoms with Crippen molar-refractivity contribution in [3.05, 3.63) is 23.8 Å². The number of hydrogen-bond donors (Lipinski definition) is 1. The quantitative estimate of drug-likeness (QED) is 0.801. The average Bonchev–Trinajstić information content (AvgIpc) is 2.33. The summed E-state index contributed by atoms with van der Waals surface area (Å²) in [5.74, 6) is 0. The number of nitrogen functional groups attached to an aromatic ring is 1. The predicted molar refractivity (Wildman–Crippen MR) is 65.8 cm³/mol. The van der Waals surface area contributed by atoms with Gasteiger partial charge in [-0.1, -0.05) is 0 Å². The Morgan fingerprint density at radius 2 is 2.31 bits per heavy atom. The van der Waals surface area contributed by atoms with Crippen molar-refractivity contribution < 1.29 is 8.95 Å². The molecule has 1 aromatic rings. The summed E-state index contributed by atoms with van der Waals surface area (Å²) in [7, 11) is -0.969. The third kappa shape index (κ3) is 2.44. The van der Waals surface area contributed by atoms with Gasteiger partial charge in [0.1, 0.15) is 0 Å². The van der Waals surface area contributed by atoms with Crippen LogP contribution in [-0.4, -0.2) is 22.7 Å². The van der Waals surface area contributed by atoms with Crippen LogP contribution in [0.4, 0.5) is 5.69 Å². The molecule has 88 valence electrons. The molecule has 2 rings (SSSR count). The zero-order valence-corrected chi connectivity index (χ0v) is 10.3. The van der Waals surface area contributed by atoms with Crippen molar-refractivity contribution in [2.45, 2.75) is 29.9 Å². The number of ether oxygens (including phenoxy) is 1. The molecule has 2 N–H and O–H groups in total. The van der Waals surface area contributed by atoms with Gasteiger partial charge in [0.25, 0.3) is 0 Å². The van der Waals surface area contributed by atoms with Crippen LogP contribution in [0, 0.1) is 6.92 Å². The summed E-state index contributed by atoms with van der Waals surface area (Å²) in [4.78, 5) is 0.863. The van der Waals surface area contributed by atoms with Gasteiger partial charge in [-0.3, -0.25) is 4.21 Å². The first-order valence-electron chi connectivity index (χ1n) is 5.53. The first-order chi connectivity index (χ1) is 7.68. The summed E-state index contributed by atoms with van der Waals surface area (Å²) in [6.07, 6.45) is 1.99. The van der Waals surface area contributed by atoms with Gasteiger partial charge in [0.05, 0.1) is 22.7 Å². The maximum Gasteiger partial charge on any atom is 0.0629 e. The van der Waals surface area contributed by atoms with Crippen molar-refractivity contribution in [1.29, 1.82) is 0 Å². The van der Waals surface area contributed by atoms with Crippen molar-refractivity contribution in [3.8, 4) is 0 Å². The van der Waals surface area contributed by atoms with E-state index in [9.17, 15) is 4.21 Å². The molecule has 1 heterocycles. The Bertz CT molecular complexity index is 400. The van der Waals surface area contributed by atoms with E-state index in [4.69, 9.17) is 10.5 Å². The zero-order chi connectivity index (χ0) is 11.5. The number of rotatable bonds is 2. The van der Waals surface area contributed by atoms with Crippen LogP contribution >= 0.6 is 0 Å². The highest BCUT2D eigenvalue weighted by atomic mass is 32.2. The van der Waals surface area contributed by atoms with Crippen molar-refractivity contribution in [3.63, 3.8) is 0 Å². The van der Waals surface area contributed by atoms with Gasteiger partial charge >= 0.3 is 0 Å². The van der Waals surface area contributed by atoms with Crippen molar-refractivity contribution >= 4 is 16.5 Å². The van der Waals surface area contributed by atoms with Gasteiger partial charge in [0.15, 0.2) is 0 Å². The van der Waals surface area contributed by atoms with Crippen LogP contribution < -0.4 is 5.73 Å². The lowest BCUT2D eigenvalue weighted by Crippen LogP contribution is -2.27. The molecule has 1 fully saturated rings. The van der Waals surface area contributed by atoms with Crippen molar-refractivity contribution in [2.75, 3.05) is 18.9 Å². The van der Waals surface area contributed by atoms with Gasteiger partial charge in [-0.05, 0) is 43.5 Å². The minimum Gasteiger partial charge on any atom is -0.399 e. The minimum absolute atomic E-state index is 0.136. The molecule has 3 nitrogen and oxygen atoms in total. The van der Waals surface area contributed by atoms with E-state index >= 15 is 0 Å². The Balaban J connectivity index is 2.16. The normalized spacial score (nSPS) is 22.9. The Morgan fingerprint density at radius 1 is 1.50 bits per heavy atom. The lowest BCUT2D eigenvalue weighted by atomic mass is 10.2. The molecule has 0 saturated carbocycles. The second-order valence-electron chi connectivity index (χ2n) is 4.15. The van der Waals surface area contributed by atoms with Crippen LogP contribution in [-0.2, 0) is 15.5 Å². The molecule has 1 saturated heterocycles. The van der Waals surface area contributed by atoms with Crippen LogP contribution in [0.2, 0.25) is 0 Å². The second kappa shape index (κ2) is 4.97. The number of nitrogens with two attached hydrogens (primary N) is 1. The SMILES string of the molecule is Cc1cc(S(=O)C2CCCOC2)ccc1N. The van der Waals surface area contributed by atoms with Gasteiger partial charge in [-0.2, -0.15) is 0 Å². The zero-order valence-electron chi connectivity index (χ0n) is 9.44. The molecule has 0 bridgehead atoms. The van der Waals surface area contributed by atoms with E-state index < -0.39 is 10.8 Å². The molecular weight excluding hydrogens is 222 g/mol. The third-order valence-electron chi connectivity index (χ3n) is 2.89. The summed E-state index contributed by atoms with van der Waals surface area (Å²) in [5, 5.41) is 0.136. The number of aryl methyl sites for hydroxylation is 1. The van der Waals surface area contributed by atoms with E-state index in [1.807, 2.05) is 25.1 Å². The van der Waals surface area contributed by atoms with Gasteiger partial charge < -0.3 is 10.5 Å². The summed E-state index contributed by atoms with van der Waals surface area (Å²) < 4.78 is 17.6. The van der Waals surface area contributed by atoms with Gasteiger partial charge in [-0.25, -0.2) is 0 Å². The van der Waals surface area contributed by atoms with E-state index in [0.29, 0.717) is 6.61 Å². The Kier molecular flexibility index (Phi) is 3.61. The summed E-state index contributed by atoms with van der Waals surface area (Å²) >= 11 is 0. The molecule has 0 aliphatic carbocycles. The van der Waals surface area contributed by atoms with Gasteiger partial charge in [0.2, 0.25) is 0 Å². The number of anilines is 1. The molecule has 0 aromatic heterocycles. The van der Waals surface area contributed by atoms with E-state index in [1.54, 1.807) is 0 Å². The molecule has 0 spiro atoms. The lowest BCUT2D eigenvalue weighted by molar-refractivity contribution is 0.100. The largest absolute Gasteiger partial charge is 0.399 e. The van der Waals surface area contributed by atoms with Crippen LogP contribution in [0.5, 0.6) is 0 Å². The molecule has 0 radical (unpaired) electrons. The highest BCUT2D eigenvalue weighted by Crippen LogP contribution is 2.21. The Hall–Kier alpha value is -0.870. The molecule has 16 heavy (non-hydrogen) atoms. The van der Waals surface area contributed by atoms with E-state index in [2.05, 4.69) is 0 Å². The fourth-order valence-electron chi connectivity index (χ4n) is 1.85. The molecule has 0 amide bonds. The Morgan fingerprint density at radius 3 is 2.94 bits per heavy atom. The molecule has 4 heteroatoms. The number of hydrogen-bond acceptors (Lipinski definition) is 3. The maximum absolute atomic E-state index is 12.3. The van der Waals surface area contributed by atoms with Crippen LogP contribution in [0.15, 0.2) is 23.1 Å². The topological polar surface area (TPSA) is 52.3 Å². The molecule has 2 atom stereocenters. The van der Waals surface area contributed by atoms with E-state index in [0.717, 1.165) is 35.6 Å². The molecule has 1 aromatic carbocycles. The summed E-state index contributed by atoms with van der Waals surface area (Å²) in [6.45, 7) is 3.35.